The second kappa shape index (κ2) is 6.05. The van der Waals surface area contributed by atoms with Crippen LogP contribution >= 0.6 is 0 Å². The van der Waals surface area contributed by atoms with E-state index in [1.165, 1.54) is 12.1 Å². The SMILES string of the molecule is CCC(C)c1nc(-c2ccc(-c3cccc(F)c3)cn2)no1. The number of hydrogen-bond donors (Lipinski definition) is 0. The highest BCUT2D eigenvalue weighted by molar-refractivity contribution is 5.64. The van der Waals surface area contributed by atoms with Crippen LogP contribution in [0.25, 0.3) is 22.6 Å². The predicted molar refractivity (Wildman–Crippen MR) is 81.6 cm³/mol. The number of aromatic nitrogens is 3. The van der Waals surface area contributed by atoms with Crippen LogP contribution in [-0.2, 0) is 0 Å². The second-order valence-corrected chi connectivity index (χ2v) is 5.21. The topological polar surface area (TPSA) is 51.8 Å². The van der Waals surface area contributed by atoms with E-state index < -0.39 is 0 Å². The third-order valence-corrected chi connectivity index (χ3v) is 3.63. The molecule has 1 atom stereocenters. The van der Waals surface area contributed by atoms with Gasteiger partial charge in [-0.05, 0) is 30.2 Å². The van der Waals surface area contributed by atoms with Crippen LogP contribution in [0.3, 0.4) is 0 Å². The molecular weight excluding hydrogens is 281 g/mol. The number of pyridine rings is 1. The van der Waals surface area contributed by atoms with Crippen molar-refractivity contribution >= 4 is 0 Å². The molecule has 0 aliphatic heterocycles. The van der Waals surface area contributed by atoms with Gasteiger partial charge in [0.25, 0.3) is 0 Å². The summed E-state index contributed by atoms with van der Waals surface area (Å²) in [6.07, 6.45) is 2.62. The van der Waals surface area contributed by atoms with Crippen molar-refractivity contribution in [2.75, 3.05) is 0 Å². The molecule has 2 aromatic heterocycles. The maximum absolute atomic E-state index is 13.3. The van der Waals surface area contributed by atoms with E-state index in [9.17, 15) is 4.39 Å². The first-order chi connectivity index (χ1) is 10.7. The van der Waals surface area contributed by atoms with Crippen LogP contribution in [0.1, 0.15) is 32.1 Å². The highest BCUT2D eigenvalue weighted by Crippen LogP contribution is 2.23. The molecule has 0 amide bonds. The molecule has 1 unspecified atom stereocenters. The van der Waals surface area contributed by atoms with Gasteiger partial charge in [0.1, 0.15) is 11.5 Å². The molecule has 0 aliphatic rings. The van der Waals surface area contributed by atoms with Gasteiger partial charge >= 0.3 is 0 Å². The molecule has 4 nitrogen and oxygen atoms in total. The first kappa shape index (κ1) is 14.4. The zero-order chi connectivity index (χ0) is 15.5. The lowest BCUT2D eigenvalue weighted by molar-refractivity contribution is 0.357. The van der Waals surface area contributed by atoms with Crippen LogP contribution in [0.2, 0.25) is 0 Å². The fourth-order valence-electron chi connectivity index (χ4n) is 2.08. The van der Waals surface area contributed by atoms with Crippen molar-refractivity contribution in [2.45, 2.75) is 26.2 Å². The van der Waals surface area contributed by atoms with E-state index in [2.05, 4.69) is 22.0 Å². The summed E-state index contributed by atoms with van der Waals surface area (Å²) in [6.45, 7) is 4.11. The van der Waals surface area contributed by atoms with Gasteiger partial charge < -0.3 is 4.52 Å². The maximum atomic E-state index is 13.3. The Hall–Kier alpha value is -2.56. The smallest absolute Gasteiger partial charge is 0.229 e. The van der Waals surface area contributed by atoms with Crippen molar-refractivity contribution in [1.82, 2.24) is 15.1 Å². The summed E-state index contributed by atoms with van der Waals surface area (Å²) in [5.74, 6) is 1.06. The Balaban J connectivity index is 1.86. The molecule has 0 saturated carbocycles. The minimum Gasteiger partial charge on any atom is -0.339 e. The average molecular weight is 297 g/mol. The first-order valence-corrected chi connectivity index (χ1v) is 7.23. The highest BCUT2D eigenvalue weighted by Gasteiger charge is 2.14. The largest absolute Gasteiger partial charge is 0.339 e. The van der Waals surface area contributed by atoms with Crippen molar-refractivity contribution in [3.63, 3.8) is 0 Å². The molecule has 3 rings (SSSR count). The summed E-state index contributed by atoms with van der Waals surface area (Å²) in [5.41, 5.74) is 2.26. The minimum atomic E-state index is -0.266. The van der Waals surface area contributed by atoms with Crippen molar-refractivity contribution in [2.24, 2.45) is 0 Å². The molecule has 2 heterocycles. The normalized spacial score (nSPS) is 12.3. The van der Waals surface area contributed by atoms with E-state index in [0.717, 1.165) is 17.5 Å². The molecule has 0 fully saturated rings. The van der Waals surface area contributed by atoms with Gasteiger partial charge in [0.2, 0.25) is 11.7 Å². The number of benzene rings is 1. The zero-order valence-electron chi connectivity index (χ0n) is 12.5. The molecule has 1 aromatic carbocycles. The maximum Gasteiger partial charge on any atom is 0.229 e. The van der Waals surface area contributed by atoms with Crippen LogP contribution in [0.15, 0.2) is 47.1 Å². The predicted octanol–water partition coefficient (Wildman–Crippen LogP) is 4.45. The summed E-state index contributed by atoms with van der Waals surface area (Å²) >= 11 is 0. The standard InChI is InChI=1S/C17H16FN3O/c1-3-11(2)17-20-16(21-22-17)15-8-7-13(10-19-15)12-5-4-6-14(18)9-12/h4-11H,3H2,1-2H3. The van der Waals surface area contributed by atoms with Gasteiger partial charge in [0, 0.05) is 17.7 Å². The highest BCUT2D eigenvalue weighted by atomic mass is 19.1. The van der Waals surface area contributed by atoms with Gasteiger partial charge in [-0.3, -0.25) is 4.98 Å². The van der Waals surface area contributed by atoms with Gasteiger partial charge in [-0.15, -0.1) is 0 Å². The Morgan fingerprint density at radius 2 is 2.05 bits per heavy atom. The van der Waals surface area contributed by atoms with Crippen LogP contribution in [0, 0.1) is 5.82 Å². The summed E-state index contributed by atoms with van der Waals surface area (Å²) in [7, 11) is 0. The molecule has 0 saturated heterocycles. The van der Waals surface area contributed by atoms with Gasteiger partial charge in [-0.25, -0.2) is 4.39 Å². The number of nitrogens with zero attached hydrogens (tertiary/aromatic N) is 3. The molecule has 22 heavy (non-hydrogen) atoms. The fourth-order valence-corrected chi connectivity index (χ4v) is 2.08. The van der Waals surface area contributed by atoms with Crippen molar-refractivity contribution < 1.29 is 8.91 Å². The van der Waals surface area contributed by atoms with Crippen molar-refractivity contribution in [1.29, 1.82) is 0 Å². The second-order valence-electron chi connectivity index (χ2n) is 5.21. The van der Waals surface area contributed by atoms with Gasteiger partial charge in [-0.2, -0.15) is 4.98 Å². The van der Waals surface area contributed by atoms with E-state index in [1.54, 1.807) is 12.3 Å². The van der Waals surface area contributed by atoms with E-state index in [0.29, 0.717) is 17.4 Å². The molecule has 0 bridgehead atoms. The molecule has 0 aliphatic carbocycles. The Morgan fingerprint density at radius 1 is 1.18 bits per heavy atom. The number of rotatable bonds is 4. The summed E-state index contributed by atoms with van der Waals surface area (Å²) in [6, 6.07) is 10.1. The van der Waals surface area contributed by atoms with E-state index in [1.807, 2.05) is 25.1 Å². The van der Waals surface area contributed by atoms with Gasteiger partial charge in [0.15, 0.2) is 0 Å². The minimum absolute atomic E-state index is 0.229. The Kier molecular flexibility index (Phi) is 3.96. The van der Waals surface area contributed by atoms with Crippen LogP contribution < -0.4 is 0 Å². The number of halogens is 1. The molecule has 0 radical (unpaired) electrons. The molecule has 0 spiro atoms. The lowest BCUT2D eigenvalue weighted by Crippen LogP contribution is -1.92. The molecule has 0 N–H and O–H groups in total. The fraction of sp³-hybridized carbons (Fsp3) is 0.235. The summed E-state index contributed by atoms with van der Waals surface area (Å²) < 4.78 is 18.5. The Labute approximate surface area is 128 Å². The molecule has 5 heteroatoms. The van der Waals surface area contributed by atoms with E-state index in [4.69, 9.17) is 4.52 Å². The Morgan fingerprint density at radius 3 is 2.73 bits per heavy atom. The molecular formula is C17H16FN3O. The van der Waals surface area contributed by atoms with Gasteiger partial charge in [-0.1, -0.05) is 37.2 Å². The quantitative estimate of drug-likeness (QED) is 0.714. The third kappa shape index (κ3) is 2.88. The van der Waals surface area contributed by atoms with Gasteiger partial charge in [0.05, 0.1) is 0 Å². The molecule has 3 aromatic rings. The van der Waals surface area contributed by atoms with Crippen LogP contribution in [0.5, 0.6) is 0 Å². The van der Waals surface area contributed by atoms with E-state index in [-0.39, 0.29) is 11.7 Å². The van der Waals surface area contributed by atoms with E-state index >= 15 is 0 Å². The molecule has 112 valence electrons. The lowest BCUT2D eigenvalue weighted by atomic mass is 10.1. The third-order valence-electron chi connectivity index (χ3n) is 3.63. The monoisotopic (exact) mass is 297 g/mol. The summed E-state index contributed by atoms with van der Waals surface area (Å²) in [5, 5.41) is 3.96. The summed E-state index contributed by atoms with van der Waals surface area (Å²) in [4.78, 5) is 8.71. The lowest BCUT2D eigenvalue weighted by Gasteiger charge is -2.02. The zero-order valence-corrected chi connectivity index (χ0v) is 12.5. The number of hydrogen-bond acceptors (Lipinski definition) is 4. The Bertz CT molecular complexity index is 768. The van der Waals surface area contributed by atoms with Crippen molar-refractivity contribution in [3.05, 3.63) is 54.3 Å². The van der Waals surface area contributed by atoms with Crippen LogP contribution in [0.4, 0.5) is 4.39 Å². The van der Waals surface area contributed by atoms with Crippen molar-refractivity contribution in [3.8, 4) is 22.6 Å². The van der Waals surface area contributed by atoms with Crippen LogP contribution in [-0.4, -0.2) is 15.1 Å². The average Bonchev–Trinajstić information content (AvgIpc) is 3.04. The first-order valence-electron chi connectivity index (χ1n) is 7.23.